The fourth-order valence-electron chi connectivity index (χ4n) is 2.35. The van der Waals surface area contributed by atoms with Gasteiger partial charge in [-0.25, -0.2) is 4.98 Å². The second-order valence-corrected chi connectivity index (χ2v) is 4.95. The molecule has 20 heavy (non-hydrogen) atoms. The minimum absolute atomic E-state index is 0.278. The SMILES string of the molecule is CCn1ccnc1CN1C(=O)C(=O)c2cc(Cl)ccc21. The zero-order valence-corrected chi connectivity index (χ0v) is 11.6. The van der Waals surface area contributed by atoms with Crippen LogP contribution in [0.3, 0.4) is 0 Å². The lowest BCUT2D eigenvalue weighted by atomic mass is 10.1. The van der Waals surface area contributed by atoms with Gasteiger partial charge in [0.05, 0.1) is 17.8 Å². The Morgan fingerprint density at radius 2 is 2.10 bits per heavy atom. The molecular formula is C14H12ClN3O2. The molecule has 1 aromatic carbocycles. The summed E-state index contributed by atoms with van der Waals surface area (Å²) in [6, 6.07) is 4.90. The van der Waals surface area contributed by atoms with Crippen LogP contribution in [0.1, 0.15) is 23.1 Å². The van der Waals surface area contributed by atoms with E-state index < -0.39 is 11.7 Å². The number of nitrogens with zero attached hydrogens (tertiary/aromatic N) is 3. The molecule has 0 saturated heterocycles. The summed E-state index contributed by atoms with van der Waals surface area (Å²) in [7, 11) is 0. The van der Waals surface area contributed by atoms with Gasteiger partial charge >= 0.3 is 0 Å². The first-order valence-corrected chi connectivity index (χ1v) is 6.65. The summed E-state index contributed by atoms with van der Waals surface area (Å²) in [6.45, 7) is 3.04. The molecule has 0 N–H and O–H groups in total. The van der Waals surface area contributed by atoms with Gasteiger partial charge in [0, 0.05) is 24.0 Å². The van der Waals surface area contributed by atoms with Crippen molar-refractivity contribution in [2.24, 2.45) is 0 Å². The fraction of sp³-hybridized carbons (Fsp3) is 0.214. The fourth-order valence-corrected chi connectivity index (χ4v) is 2.52. The standard InChI is InChI=1S/C14H12ClN3O2/c1-2-17-6-5-16-12(17)8-18-11-4-3-9(15)7-10(11)13(19)14(18)20/h3-7H,2,8H2,1H3. The van der Waals surface area contributed by atoms with Crippen molar-refractivity contribution in [1.82, 2.24) is 9.55 Å². The number of carbonyl (C=O) groups is 2. The number of benzene rings is 1. The zero-order chi connectivity index (χ0) is 14.3. The summed E-state index contributed by atoms with van der Waals surface area (Å²) in [4.78, 5) is 29.7. The van der Waals surface area contributed by atoms with Crippen LogP contribution in [0.4, 0.5) is 5.69 Å². The summed E-state index contributed by atoms with van der Waals surface area (Å²) >= 11 is 5.88. The highest BCUT2D eigenvalue weighted by atomic mass is 35.5. The van der Waals surface area contributed by atoms with E-state index in [9.17, 15) is 9.59 Å². The first-order chi connectivity index (χ1) is 9.61. The summed E-state index contributed by atoms with van der Waals surface area (Å²) in [5.74, 6) is -0.304. The van der Waals surface area contributed by atoms with Crippen molar-refractivity contribution in [1.29, 1.82) is 0 Å². The van der Waals surface area contributed by atoms with Crippen molar-refractivity contribution >= 4 is 29.0 Å². The van der Waals surface area contributed by atoms with E-state index >= 15 is 0 Å². The average molecular weight is 290 g/mol. The van der Waals surface area contributed by atoms with Crippen molar-refractivity contribution in [3.8, 4) is 0 Å². The molecule has 1 aliphatic heterocycles. The van der Waals surface area contributed by atoms with Gasteiger partial charge in [-0.1, -0.05) is 11.6 Å². The van der Waals surface area contributed by atoms with E-state index in [-0.39, 0.29) is 6.54 Å². The number of fused-ring (bicyclic) bond motifs is 1. The van der Waals surface area contributed by atoms with E-state index in [4.69, 9.17) is 11.6 Å². The lowest BCUT2D eigenvalue weighted by Crippen LogP contribution is -2.30. The maximum absolute atomic E-state index is 12.1. The van der Waals surface area contributed by atoms with Gasteiger partial charge in [0.2, 0.25) is 0 Å². The highest BCUT2D eigenvalue weighted by Gasteiger charge is 2.36. The lowest BCUT2D eigenvalue weighted by molar-refractivity contribution is -0.114. The number of amides is 1. The van der Waals surface area contributed by atoms with Crippen LogP contribution < -0.4 is 4.90 Å². The normalized spacial score (nSPS) is 14.0. The summed E-state index contributed by atoms with van der Waals surface area (Å²) in [5.41, 5.74) is 0.951. The van der Waals surface area contributed by atoms with Crippen LogP contribution in [0.15, 0.2) is 30.6 Å². The number of aryl methyl sites for hydroxylation is 1. The predicted octanol–water partition coefficient (Wildman–Crippen LogP) is 2.29. The molecule has 0 saturated carbocycles. The maximum atomic E-state index is 12.1. The van der Waals surface area contributed by atoms with E-state index in [1.54, 1.807) is 18.3 Å². The van der Waals surface area contributed by atoms with E-state index in [2.05, 4.69) is 4.98 Å². The molecule has 0 atom stereocenters. The van der Waals surface area contributed by atoms with Crippen LogP contribution in [0.5, 0.6) is 0 Å². The molecule has 1 aromatic heterocycles. The summed E-state index contributed by atoms with van der Waals surface area (Å²) in [5, 5.41) is 0.446. The molecule has 0 fully saturated rings. The largest absolute Gasteiger partial charge is 0.334 e. The number of Topliss-reactive ketones (excluding diaryl/α,β-unsaturated/α-hetero) is 1. The molecule has 2 aromatic rings. The Balaban J connectivity index is 1.99. The smallest absolute Gasteiger partial charge is 0.299 e. The van der Waals surface area contributed by atoms with Crippen LogP contribution in [-0.2, 0) is 17.9 Å². The Labute approximate surface area is 120 Å². The average Bonchev–Trinajstić information content (AvgIpc) is 2.98. The van der Waals surface area contributed by atoms with Crippen LogP contribution >= 0.6 is 11.6 Å². The maximum Gasteiger partial charge on any atom is 0.299 e. The minimum Gasteiger partial charge on any atom is -0.334 e. The third-order valence-electron chi connectivity index (χ3n) is 3.38. The number of hydrogen-bond acceptors (Lipinski definition) is 3. The van der Waals surface area contributed by atoms with E-state index in [1.165, 1.54) is 11.0 Å². The van der Waals surface area contributed by atoms with Gasteiger partial charge in [-0.2, -0.15) is 0 Å². The van der Waals surface area contributed by atoms with Gasteiger partial charge < -0.3 is 4.57 Å². The summed E-state index contributed by atoms with van der Waals surface area (Å²) < 4.78 is 1.94. The summed E-state index contributed by atoms with van der Waals surface area (Å²) in [6.07, 6.45) is 3.53. The highest BCUT2D eigenvalue weighted by Crippen LogP contribution is 2.32. The first kappa shape index (κ1) is 12.9. The molecule has 2 heterocycles. The number of ketones is 1. The third kappa shape index (κ3) is 1.91. The van der Waals surface area contributed by atoms with E-state index in [0.29, 0.717) is 16.3 Å². The van der Waals surface area contributed by atoms with E-state index in [1.807, 2.05) is 17.7 Å². The Morgan fingerprint density at radius 1 is 1.30 bits per heavy atom. The Bertz CT molecular complexity index is 708. The third-order valence-corrected chi connectivity index (χ3v) is 3.61. The Kier molecular flexibility index (Phi) is 3.06. The van der Waals surface area contributed by atoms with Crippen molar-refractivity contribution in [3.63, 3.8) is 0 Å². The number of rotatable bonds is 3. The molecule has 1 aliphatic rings. The first-order valence-electron chi connectivity index (χ1n) is 6.27. The predicted molar refractivity (Wildman–Crippen MR) is 74.9 cm³/mol. The molecule has 0 spiro atoms. The second-order valence-electron chi connectivity index (χ2n) is 4.51. The molecule has 1 amide bonds. The quantitative estimate of drug-likeness (QED) is 0.815. The Morgan fingerprint density at radius 3 is 2.85 bits per heavy atom. The lowest BCUT2D eigenvalue weighted by Gasteiger charge is -2.16. The topological polar surface area (TPSA) is 55.2 Å². The molecular weight excluding hydrogens is 278 g/mol. The number of imidazole rings is 1. The van der Waals surface area contributed by atoms with Gasteiger partial charge in [0.15, 0.2) is 0 Å². The molecule has 6 heteroatoms. The number of halogens is 1. The second kappa shape index (κ2) is 4.76. The molecule has 0 aliphatic carbocycles. The van der Waals surface area contributed by atoms with Gasteiger partial charge in [-0.15, -0.1) is 0 Å². The van der Waals surface area contributed by atoms with Crippen LogP contribution in [0, 0.1) is 0 Å². The molecule has 5 nitrogen and oxygen atoms in total. The van der Waals surface area contributed by atoms with Crippen LogP contribution in [0.2, 0.25) is 5.02 Å². The Hall–Kier alpha value is -2.14. The molecule has 0 unspecified atom stereocenters. The van der Waals surface area contributed by atoms with Crippen LogP contribution in [-0.4, -0.2) is 21.2 Å². The number of carbonyl (C=O) groups excluding carboxylic acids is 2. The van der Waals surface area contributed by atoms with Gasteiger partial charge in [0.1, 0.15) is 5.82 Å². The zero-order valence-electron chi connectivity index (χ0n) is 10.8. The number of aromatic nitrogens is 2. The molecule has 3 rings (SSSR count). The van der Waals surface area contributed by atoms with Gasteiger partial charge in [-0.05, 0) is 25.1 Å². The number of anilines is 1. The van der Waals surface area contributed by atoms with Crippen molar-refractivity contribution < 1.29 is 9.59 Å². The van der Waals surface area contributed by atoms with Gasteiger partial charge in [0.25, 0.3) is 11.7 Å². The highest BCUT2D eigenvalue weighted by molar-refractivity contribution is 6.52. The van der Waals surface area contributed by atoms with Crippen molar-refractivity contribution in [2.45, 2.75) is 20.0 Å². The van der Waals surface area contributed by atoms with Gasteiger partial charge in [-0.3, -0.25) is 14.5 Å². The molecule has 0 bridgehead atoms. The monoisotopic (exact) mass is 289 g/mol. The van der Waals surface area contributed by atoms with Crippen LogP contribution in [0.25, 0.3) is 0 Å². The molecule has 102 valence electrons. The minimum atomic E-state index is -0.534. The van der Waals surface area contributed by atoms with E-state index in [0.717, 1.165) is 12.4 Å². The molecule has 0 radical (unpaired) electrons. The number of hydrogen-bond donors (Lipinski definition) is 0. The van der Waals surface area contributed by atoms with Crippen molar-refractivity contribution in [2.75, 3.05) is 4.90 Å². The van der Waals surface area contributed by atoms with Crippen molar-refractivity contribution in [3.05, 3.63) is 47.0 Å².